The summed E-state index contributed by atoms with van der Waals surface area (Å²) in [6.45, 7) is 0. The molecule has 0 spiro atoms. The predicted molar refractivity (Wildman–Crippen MR) is 114 cm³/mol. The molecule has 0 aliphatic rings. The van der Waals surface area contributed by atoms with Crippen LogP contribution in [0.1, 0.15) is 5.56 Å². The first-order chi connectivity index (χ1) is 13.7. The van der Waals surface area contributed by atoms with Crippen LogP contribution in [0, 0.1) is 0 Å². The third kappa shape index (κ3) is 4.06. The molecular weight excluding hydrogens is 390 g/mol. The van der Waals surface area contributed by atoms with E-state index in [4.69, 9.17) is 16.3 Å². The summed E-state index contributed by atoms with van der Waals surface area (Å²) in [6.07, 6.45) is 0. The maximum absolute atomic E-state index is 5.98. The van der Waals surface area contributed by atoms with Gasteiger partial charge in [0, 0.05) is 22.0 Å². The predicted octanol–water partition coefficient (Wildman–Crippen LogP) is 5.89. The Morgan fingerprint density at radius 1 is 0.893 bits per heavy atom. The minimum atomic E-state index is 0.739. The third-order valence-corrected chi connectivity index (χ3v) is 5.53. The van der Waals surface area contributed by atoms with Gasteiger partial charge in [-0.1, -0.05) is 53.7 Å². The minimum absolute atomic E-state index is 0.739. The van der Waals surface area contributed by atoms with E-state index in [9.17, 15) is 0 Å². The van der Waals surface area contributed by atoms with Crippen LogP contribution in [-0.4, -0.2) is 21.9 Å². The smallest absolute Gasteiger partial charge is 0.196 e. The van der Waals surface area contributed by atoms with Crippen molar-refractivity contribution in [2.75, 3.05) is 7.11 Å². The molecule has 0 saturated carbocycles. The number of benzene rings is 3. The molecule has 6 heteroatoms. The number of ether oxygens (including phenoxy) is 1. The minimum Gasteiger partial charge on any atom is -0.497 e. The summed E-state index contributed by atoms with van der Waals surface area (Å²) in [5.74, 6) is 2.39. The summed E-state index contributed by atoms with van der Waals surface area (Å²) in [7, 11) is 1.66. The van der Waals surface area contributed by atoms with Gasteiger partial charge in [-0.15, -0.1) is 10.2 Å². The van der Waals surface area contributed by atoms with E-state index in [0.717, 1.165) is 38.8 Å². The number of rotatable bonds is 6. The zero-order valence-corrected chi connectivity index (χ0v) is 16.8. The highest BCUT2D eigenvalue weighted by Crippen LogP contribution is 2.30. The second-order valence-corrected chi connectivity index (χ2v) is 7.50. The highest BCUT2D eigenvalue weighted by atomic mass is 35.5. The molecule has 0 unspecified atom stereocenters. The molecule has 0 saturated heterocycles. The molecule has 4 nitrogen and oxygen atoms in total. The molecule has 0 bridgehead atoms. The first-order valence-electron chi connectivity index (χ1n) is 8.77. The standard InChI is InChI=1S/C22H18ClN3OS/c1-27-20-13-9-17(10-14-20)21-24-25-22(26(21)19-5-3-2-4-6-19)28-15-16-7-11-18(23)12-8-16/h2-14H,15H2,1H3. The van der Waals surface area contributed by atoms with Gasteiger partial charge in [-0.05, 0) is 54.1 Å². The fourth-order valence-electron chi connectivity index (χ4n) is 2.83. The van der Waals surface area contributed by atoms with Gasteiger partial charge in [0.1, 0.15) is 5.75 Å². The van der Waals surface area contributed by atoms with Crippen LogP contribution >= 0.6 is 23.4 Å². The molecule has 0 N–H and O–H groups in total. The first kappa shape index (κ1) is 18.6. The summed E-state index contributed by atoms with van der Waals surface area (Å²) in [5.41, 5.74) is 3.19. The van der Waals surface area contributed by atoms with Crippen molar-refractivity contribution in [2.24, 2.45) is 0 Å². The lowest BCUT2D eigenvalue weighted by Gasteiger charge is -2.11. The van der Waals surface area contributed by atoms with Gasteiger partial charge in [0.05, 0.1) is 7.11 Å². The molecule has 3 aromatic carbocycles. The number of halogens is 1. The molecule has 0 aliphatic heterocycles. The van der Waals surface area contributed by atoms with Crippen molar-refractivity contribution in [1.82, 2.24) is 14.8 Å². The average Bonchev–Trinajstić information content (AvgIpc) is 3.18. The lowest BCUT2D eigenvalue weighted by atomic mass is 10.2. The van der Waals surface area contributed by atoms with E-state index in [1.165, 1.54) is 5.56 Å². The van der Waals surface area contributed by atoms with Crippen molar-refractivity contribution in [2.45, 2.75) is 10.9 Å². The maximum atomic E-state index is 5.98. The summed E-state index contributed by atoms with van der Waals surface area (Å²) in [6, 6.07) is 25.9. The summed E-state index contributed by atoms with van der Waals surface area (Å²) >= 11 is 7.63. The van der Waals surface area contributed by atoms with Crippen molar-refractivity contribution in [1.29, 1.82) is 0 Å². The zero-order valence-electron chi connectivity index (χ0n) is 15.2. The molecule has 1 heterocycles. The van der Waals surface area contributed by atoms with Crippen LogP contribution in [0.2, 0.25) is 5.02 Å². The number of aromatic nitrogens is 3. The molecule has 28 heavy (non-hydrogen) atoms. The molecular formula is C22H18ClN3OS. The fraction of sp³-hybridized carbons (Fsp3) is 0.0909. The number of hydrogen-bond donors (Lipinski definition) is 0. The quantitative estimate of drug-likeness (QED) is 0.374. The lowest BCUT2D eigenvalue weighted by Crippen LogP contribution is -1.99. The van der Waals surface area contributed by atoms with Gasteiger partial charge < -0.3 is 4.74 Å². The van der Waals surface area contributed by atoms with Gasteiger partial charge in [0.25, 0.3) is 0 Å². The first-order valence-corrected chi connectivity index (χ1v) is 10.1. The Bertz CT molecular complexity index is 1050. The molecule has 1 aromatic heterocycles. The van der Waals surface area contributed by atoms with Gasteiger partial charge in [-0.3, -0.25) is 4.57 Å². The highest BCUT2D eigenvalue weighted by molar-refractivity contribution is 7.98. The van der Waals surface area contributed by atoms with Crippen molar-refractivity contribution in [3.05, 3.63) is 89.4 Å². The third-order valence-electron chi connectivity index (χ3n) is 4.28. The van der Waals surface area contributed by atoms with E-state index in [2.05, 4.69) is 26.9 Å². The number of para-hydroxylation sites is 1. The van der Waals surface area contributed by atoms with E-state index in [-0.39, 0.29) is 0 Å². The molecule has 4 rings (SSSR count). The van der Waals surface area contributed by atoms with Crippen LogP contribution < -0.4 is 4.74 Å². The van der Waals surface area contributed by atoms with Gasteiger partial charge in [0.2, 0.25) is 0 Å². The van der Waals surface area contributed by atoms with E-state index in [0.29, 0.717) is 0 Å². The summed E-state index contributed by atoms with van der Waals surface area (Å²) in [5, 5.41) is 10.5. The van der Waals surface area contributed by atoms with E-state index in [1.807, 2.05) is 66.7 Å². The van der Waals surface area contributed by atoms with Crippen molar-refractivity contribution < 1.29 is 4.74 Å². The van der Waals surface area contributed by atoms with Crippen LogP contribution in [0.5, 0.6) is 5.75 Å². The molecule has 0 fully saturated rings. The molecule has 0 aliphatic carbocycles. The van der Waals surface area contributed by atoms with E-state index in [1.54, 1.807) is 18.9 Å². The largest absolute Gasteiger partial charge is 0.497 e. The highest BCUT2D eigenvalue weighted by Gasteiger charge is 2.16. The zero-order chi connectivity index (χ0) is 19.3. The van der Waals surface area contributed by atoms with Crippen molar-refractivity contribution in [3.63, 3.8) is 0 Å². The van der Waals surface area contributed by atoms with Crippen molar-refractivity contribution in [3.8, 4) is 22.8 Å². The molecule has 0 radical (unpaired) electrons. The Morgan fingerprint density at radius 2 is 1.61 bits per heavy atom. The van der Waals surface area contributed by atoms with Crippen molar-refractivity contribution >= 4 is 23.4 Å². The van der Waals surface area contributed by atoms with E-state index < -0.39 is 0 Å². The van der Waals surface area contributed by atoms with Gasteiger partial charge in [-0.25, -0.2) is 0 Å². The monoisotopic (exact) mass is 407 g/mol. The number of hydrogen-bond acceptors (Lipinski definition) is 4. The van der Waals surface area contributed by atoms with Gasteiger partial charge in [-0.2, -0.15) is 0 Å². The molecule has 0 amide bonds. The van der Waals surface area contributed by atoms with Crippen LogP contribution in [0.15, 0.2) is 84.0 Å². The summed E-state index contributed by atoms with van der Waals surface area (Å²) in [4.78, 5) is 0. The van der Waals surface area contributed by atoms with Crippen LogP contribution in [0.25, 0.3) is 17.1 Å². The SMILES string of the molecule is COc1ccc(-c2nnc(SCc3ccc(Cl)cc3)n2-c2ccccc2)cc1. The average molecular weight is 408 g/mol. The molecule has 4 aromatic rings. The van der Waals surface area contributed by atoms with Crippen LogP contribution in [-0.2, 0) is 5.75 Å². The van der Waals surface area contributed by atoms with E-state index >= 15 is 0 Å². The normalized spacial score (nSPS) is 10.8. The Morgan fingerprint density at radius 3 is 2.29 bits per heavy atom. The Hall–Kier alpha value is -2.76. The van der Waals surface area contributed by atoms with Gasteiger partial charge >= 0.3 is 0 Å². The molecule has 0 atom stereocenters. The Labute approximate surface area is 173 Å². The number of nitrogens with zero attached hydrogens (tertiary/aromatic N) is 3. The summed E-state index contributed by atoms with van der Waals surface area (Å²) < 4.78 is 7.35. The van der Waals surface area contributed by atoms with Gasteiger partial charge in [0.15, 0.2) is 11.0 Å². The Kier molecular flexibility index (Phi) is 5.65. The fourth-order valence-corrected chi connectivity index (χ4v) is 3.86. The topological polar surface area (TPSA) is 39.9 Å². The number of methoxy groups -OCH3 is 1. The van der Waals surface area contributed by atoms with Crippen LogP contribution in [0.3, 0.4) is 0 Å². The lowest BCUT2D eigenvalue weighted by molar-refractivity contribution is 0.415. The van der Waals surface area contributed by atoms with Crippen LogP contribution in [0.4, 0.5) is 0 Å². The molecule has 140 valence electrons. The Balaban J connectivity index is 1.69. The second-order valence-electron chi connectivity index (χ2n) is 6.12. The second kappa shape index (κ2) is 8.50. The maximum Gasteiger partial charge on any atom is 0.196 e. The number of thioether (sulfide) groups is 1.